The zero-order valence-corrected chi connectivity index (χ0v) is 9.98. The number of amides is 2. The number of hydrogen-bond donors (Lipinski definition) is 3. The Morgan fingerprint density at radius 2 is 2.17 bits per heavy atom. The first-order valence-corrected chi connectivity index (χ1v) is 6.02. The number of rotatable bonds is 2. The van der Waals surface area contributed by atoms with Gasteiger partial charge in [0, 0.05) is 30.9 Å². The molecule has 2 amide bonds. The van der Waals surface area contributed by atoms with E-state index in [2.05, 4.69) is 10.2 Å². The van der Waals surface area contributed by atoms with Gasteiger partial charge in [-0.1, -0.05) is 0 Å². The summed E-state index contributed by atoms with van der Waals surface area (Å²) in [5.41, 5.74) is 12.1. The highest BCUT2D eigenvalue weighted by atomic mass is 16.1. The van der Waals surface area contributed by atoms with Crippen LogP contribution in [-0.4, -0.2) is 41.9 Å². The smallest absolute Gasteiger partial charge is 0.246 e. The molecule has 1 spiro atoms. The molecule has 1 saturated carbocycles. The van der Waals surface area contributed by atoms with Crippen LogP contribution < -0.4 is 16.8 Å². The highest BCUT2D eigenvalue weighted by molar-refractivity contribution is 5.93. The summed E-state index contributed by atoms with van der Waals surface area (Å²) in [7, 11) is 0. The summed E-state index contributed by atoms with van der Waals surface area (Å²) in [5, 5.41) is 3.30. The number of carbonyl (C=O) groups excluding carboxylic acids is 2. The predicted molar refractivity (Wildman–Crippen MR) is 65.0 cm³/mol. The van der Waals surface area contributed by atoms with Gasteiger partial charge in [-0.3, -0.25) is 9.59 Å². The number of hydrogen-bond acceptors (Lipinski definition) is 4. The largest absolute Gasteiger partial charge is 0.369 e. The standard InChI is InChI=1S/C12H16N4O2/c13-10(17)7-1-2-8-4-15-6-12(16(8)5-7)3-9(12)11(14)18/h1-2,9,15H,3-6H2,(H2,13,17)(H2,14,18). The first kappa shape index (κ1) is 11.3. The first-order chi connectivity index (χ1) is 8.54. The fourth-order valence-corrected chi connectivity index (χ4v) is 3.03. The zero-order chi connectivity index (χ0) is 12.9. The van der Waals surface area contributed by atoms with Crippen LogP contribution >= 0.6 is 0 Å². The monoisotopic (exact) mass is 248 g/mol. The lowest BCUT2D eigenvalue weighted by Gasteiger charge is -2.42. The number of nitrogens with zero attached hydrogens (tertiary/aromatic N) is 1. The first-order valence-electron chi connectivity index (χ1n) is 6.02. The normalized spacial score (nSPS) is 33.6. The third kappa shape index (κ3) is 1.45. The molecule has 0 bridgehead atoms. The summed E-state index contributed by atoms with van der Waals surface area (Å²) in [4.78, 5) is 24.8. The molecule has 2 fully saturated rings. The van der Waals surface area contributed by atoms with E-state index < -0.39 is 5.91 Å². The van der Waals surface area contributed by atoms with Crippen LogP contribution in [0.3, 0.4) is 0 Å². The average Bonchev–Trinajstić information content (AvgIpc) is 3.05. The van der Waals surface area contributed by atoms with Crippen molar-refractivity contribution in [1.29, 1.82) is 0 Å². The fourth-order valence-electron chi connectivity index (χ4n) is 3.03. The van der Waals surface area contributed by atoms with E-state index >= 15 is 0 Å². The SMILES string of the molecule is NC(=O)C1=CC=C2CNCC3(CC3C(N)=O)N2C1. The molecule has 0 aromatic heterocycles. The Morgan fingerprint density at radius 3 is 2.78 bits per heavy atom. The summed E-state index contributed by atoms with van der Waals surface area (Å²) in [6.45, 7) is 1.95. The van der Waals surface area contributed by atoms with Crippen molar-refractivity contribution < 1.29 is 9.59 Å². The number of nitrogens with two attached hydrogens (primary N) is 2. The predicted octanol–water partition coefficient (Wildman–Crippen LogP) is -1.56. The van der Waals surface area contributed by atoms with Crippen LogP contribution in [0.15, 0.2) is 23.4 Å². The second-order valence-electron chi connectivity index (χ2n) is 5.17. The Balaban J connectivity index is 1.90. The van der Waals surface area contributed by atoms with E-state index in [0.717, 1.165) is 25.2 Å². The molecule has 2 aliphatic heterocycles. The molecule has 2 unspecified atom stereocenters. The maximum absolute atomic E-state index is 11.4. The van der Waals surface area contributed by atoms with Crippen molar-refractivity contribution in [3.05, 3.63) is 23.4 Å². The zero-order valence-electron chi connectivity index (χ0n) is 9.98. The van der Waals surface area contributed by atoms with Crippen molar-refractivity contribution >= 4 is 11.8 Å². The van der Waals surface area contributed by atoms with E-state index in [4.69, 9.17) is 11.5 Å². The number of carbonyl (C=O) groups is 2. The quantitative estimate of drug-likeness (QED) is 0.550. The molecule has 0 aromatic rings. The van der Waals surface area contributed by atoms with Gasteiger partial charge in [0.15, 0.2) is 0 Å². The van der Waals surface area contributed by atoms with Gasteiger partial charge in [-0.25, -0.2) is 0 Å². The molecule has 1 aliphatic carbocycles. The van der Waals surface area contributed by atoms with Crippen LogP contribution in [-0.2, 0) is 9.59 Å². The van der Waals surface area contributed by atoms with Crippen molar-refractivity contribution in [2.24, 2.45) is 17.4 Å². The third-order valence-corrected chi connectivity index (χ3v) is 4.13. The van der Waals surface area contributed by atoms with Gasteiger partial charge in [-0.15, -0.1) is 0 Å². The third-order valence-electron chi connectivity index (χ3n) is 4.13. The minimum atomic E-state index is -0.407. The van der Waals surface area contributed by atoms with E-state index in [0.29, 0.717) is 12.1 Å². The van der Waals surface area contributed by atoms with E-state index in [1.807, 2.05) is 6.08 Å². The summed E-state index contributed by atoms with van der Waals surface area (Å²) >= 11 is 0. The minimum absolute atomic E-state index is 0.138. The van der Waals surface area contributed by atoms with E-state index in [9.17, 15) is 9.59 Å². The van der Waals surface area contributed by atoms with Crippen molar-refractivity contribution in [2.75, 3.05) is 19.6 Å². The van der Waals surface area contributed by atoms with Crippen LogP contribution in [0.25, 0.3) is 0 Å². The maximum Gasteiger partial charge on any atom is 0.246 e. The Morgan fingerprint density at radius 1 is 1.39 bits per heavy atom. The Kier molecular flexibility index (Phi) is 2.25. The number of nitrogens with one attached hydrogen (secondary N) is 1. The molecule has 5 N–H and O–H groups in total. The van der Waals surface area contributed by atoms with E-state index in [1.54, 1.807) is 6.08 Å². The van der Waals surface area contributed by atoms with Crippen LogP contribution in [0.2, 0.25) is 0 Å². The van der Waals surface area contributed by atoms with Gasteiger partial charge >= 0.3 is 0 Å². The van der Waals surface area contributed by atoms with Gasteiger partial charge < -0.3 is 21.7 Å². The Labute approximate surface area is 105 Å². The average molecular weight is 248 g/mol. The number of primary amides is 2. The van der Waals surface area contributed by atoms with Crippen LogP contribution in [0.5, 0.6) is 0 Å². The van der Waals surface area contributed by atoms with Crippen molar-refractivity contribution in [3.8, 4) is 0 Å². The van der Waals surface area contributed by atoms with Crippen molar-refractivity contribution in [3.63, 3.8) is 0 Å². The fraction of sp³-hybridized carbons (Fsp3) is 0.500. The van der Waals surface area contributed by atoms with Crippen LogP contribution in [0.1, 0.15) is 6.42 Å². The highest BCUT2D eigenvalue weighted by Gasteiger charge is 2.62. The second-order valence-corrected chi connectivity index (χ2v) is 5.17. The lowest BCUT2D eigenvalue weighted by atomic mass is 10.0. The van der Waals surface area contributed by atoms with Crippen molar-refractivity contribution in [1.82, 2.24) is 10.2 Å². The molecule has 3 aliphatic rings. The summed E-state index contributed by atoms with van der Waals surface area (Å²) in [6, 6.07) is 0. The summed E-state index contributed by atoms with van der Waals surface area (Å²) in [5.74, 6) is -0.815. The summed E-state index contributed by atoms with van der Waals surface area (Å²) < 4.78 is 0. The van der Waals surface area contributed by atoms with E-state index in [1.165, 1.54) is 0 Å². The maximum atomic E-state index is 11.4. The second kappa shape index (κ2) is 3.58. The Bertz CT molecular complexity index is 496. The van der Waals surface area contributed by atoms with Crippen LogP contribution in [0.4, 0.5) is 0 Å². The molecule has 6 heteroatoms. The summed E-state index contributed by atoms with van der Waals surface area (Å²) in [6.07, 6.45) is 4.41. The van der Waals surface area contributed by atoms with Gasteiger partial charge in [0.2, 0.25) is 11.8 Å². The molecular weight excluding hydrogens is 232 g/mol. The van der Waals surface area contributed by atoms with Gasteiger partial charge in [-0.2, -0.15) is 0 Å². The Hall–Kier alpha value is -1.82. The lowest BCUT2D eigenvalue weighted by molar-refractivity contribution is -0.120. The van der Waals surface area contributed by atoms with Gasteiger partial charge in [0.25, 0.3) is 0 Å². The number of allylic oxidation sites excluding steroid dienone is 2. The molecule has 2 heterocycles. The van der Waals surface area contributed by atoms with Crippen LogP contribution in [0, 0.1) is 5.92 Å². The topological polar surface area (TPSA) is 101 Å². The number of piperazine rings is 1. The molecule has 96 valence electrons. The molecule has 6 nitrogen and oxygen atoms in total. The number of fused-ring (bicyclic) bond motifs is 2. The van der Waals surface area contributed by atoms with Crippen molar-refractivity contribution in [2.45, 2.75) is 12.0 Å². The lowest BCUT2D eigenvalue weighted by Crippen LogP contribution is -2.55. The van der Waals surface area contributed by atoms with E-state index in [-0.39, 0.29) is 17.4 Å². The molecule has 0 radical (unpaired) electrons. The van der Waals surface area contributed by atoms with Gasteiger partial charge in [0.1, 0.15) is 0 Å². The molecule has 3 rings (SSSR count). The molecule has 2 atom stereocenters. The molecule has 1 saturated heterocycles. The minimum Gasteiger partial charge on any atom is -0.369 e. The molecular formula is C12H16N4O2. The van der Waals surface area contributed by atoms with Gasteiger partial charge in [-0.05, 0) is 18.6 Å². The highest BCUT2D eigenvalue weighted by Crippen LogP contribution is 2.51. The molecule has 18 heavy (non-hydrogen) atoms. The molecule has 0 aromatic carbocycles. The van der Waals surface area contributed by atoms with Gasteiger partial charge in [0.05, 0.1) is 11.5 Å².